The van der Waals surface area contributed by atoms with Crippen molar-refractivity contribution in [1.29, 1.82) is 0 Å². The summed E-state index contributed by atoms with van der Waals surface area (Å²) in [6.45, 7) is 7.64. The smallest absolute Gasteiger partial charge is 0.410 e. The molecule has 6 heteroatoms. The highest BCUT2D eigenvalue weighted by molar-refractivity contribution is 5.72. The van der Waals surface area contributed by atoms with E-state index in [1.807, 2.05) is 51.1 Å². The summed E-state index contributed by atoms with van der Waals surface area (Å²) < 4.78 is 10.9. The summed E-state index contributed by atoms with van der Waals surface area (Å²) in [4.78, 5) is 28.1. The molecule has 0 N–H and O–H groups in total. The Bertz CT molecular complexity index is 641. The Labute approximate surface area is 148 Å². The SMILES string of the molecule is CC(C)(C)OC(=O)N1CCC12CCN(C(=O)OCc1ccccc1)C2. The number of ether oxygens (including phenoxy) is 2. The number of carbonyl (C=O) groups is 2. The van der Waals surface area contributed by atoms with Crippen molar-refractivity contribution in [3.8, 4) is 0 Å². The molecule has 1 atom stereocenters. The molecule has 2 saturated heterocycles. The third-order valence-corrected chi connectivity index (χ3v) is 4.78. The van der Waals surface area contributed by atoms with E-state index in [-0.39, 0.29) is 24.3 Å². The average molecular weight is 346 g/mol. The zero-order chi connectivity index (χ0) is 18.1. The summed E-state index contributed by atoms with van der Waals surface area (Å²) in [6.07, 6.45) is 1.05. The topological polar surface area (TPSA) is 59.1 Å². The van der Waals surface area contributed by atoms with Crippen molar-refractivity contribution >= 4 is 12.2 Å². The lowest BCUT2D eigenvalue weighted by molar-refractivity contribution is -0.0404. The standard InChI is InChI=1S/C19H26N2O4/c1-18(2,3)25-17(23)21-12-10-19(21)9-11-20(14-19)16(22)24-13-15-7-5-4-6-8-15/h4-8H,9-14H2,1-3H3. The van der Waals surface area contributed by atoms with Gasteiger partial charge in [0.15, 0.2) is 0 Å². The lowest BCUT2D eigenvalue weighted by Gasteiger charge is -2.50. The zero-order valence-electron chi connectivity index (χ0n) is 15.2. The molecule has 2 heterocycles. The van der Waals surface area contributed by atoms with Crippen LogP contribution in [-0.2, 0) is 16.1 Å². The highest BCUT2D eigenvalue weighted by atomic mass is 16.6. The molecular weight excluding hydrogens is 320 g/mol. The molecule has 1 aromatic rings. The van der Waals surface area contributed by atoms with Crippen molar-refractivity contribution < 1.29 is 19.1 Å². The number of amides is 2. The van der Waals surface area contributed by atoms with Gasteiger partial charge in [-0.05, 0) is 39.2 Å². The van der Waals surface area contributed by atoms with Crippen LogP contribution in [0.15, 0.2) is 30.3 Å². The van der Waals surface area contributed by atoms with Gasteiger partial charge in [0.2, 0.25) is 0 Å². The van der Waals surface area contributed by atoms with Crippen LogP contribution < -0.4 is 0 Å². The van der Waals surface area contributed by atoms with E-state index in [0.29, 0.717) is 19.6 Å². The molecule has 2 aliphatic rings. The molecule has 25 heavy (non-hydrogen) atoms. The molecule has 136 valence electrons. The van der Waals surface area contributed by atoms with Crippen LogP contribution >= 0.6 is 0 Å². The first-order chi connectivity index (χ1) is 11.8. The van der Waals surface area contributed by atoms with E-state index in [9.17, 15) is 9.59 Å². The molecule has 0 aromatic heterocycles. The Morgan fingerprint density at radius 1 is 1.08 bits per heavy atom. The van der Waals surface area contributed by atoms with Crippen molar-refractivity contribution in [2.45, 2.75) is 51.4 Å². The van der Waals surface area contributed by atoms with Crippen molar-refractivity contribution in [3.05, 3.63) is 35.9 Å². The maximum Gasteiger partial charge on any atom is 0.410 e. The number of nitrogens with zero attached hydrogens (tertiary/aromatic N) is 2. The monoisotopic (exact) mass is 346 g/mol. The highest BCUT2D eigenvalue weighted by Gasteiger charge is 2.53. The molecule has 0 bridgehead atoms. The van der Waals surface area contributed by atoms with Crippen LogP contribution in [0.4, 0.5) is 9.59 Å². The van der Waals surface area contributed by atoms with Gasteiger partial charge in [0, 0.05) is 19.6 Å². The van der Waals surface area contributed by atoms with Gasteiger partial charge in [-0.25, -0.2) is 9.59 Å². The van der Waals surface area contributed by atoms with E-state index < -0.39 is 5.60 Å². The molecule has 1 aromatic carbocycles. The Morgan fingerprint density at radius 3 is 2.36 bits per heavy atom. The third kappa shape index (κ3) is 3.89. The molecule has 2 aliphatic heterocycles. The van der Waals surface area contributed by atoms with Crippen LogP contribution in [0.2, 0.25) is 0 Å². The minimum absolute atomic E-state index is 0.263. The van der Waals surface area contributed by atoms with Gasteiger partial charge in [-0.3, -0.25) is 0 Å². The summed E-state index contributed by atoms with van der Waals surface area (Å²) in [5, 5.41) is 0. The average Bonchev–Trinajstić information content (AvgIpc) is 2.98. The van der Waals surface area contributed by atoms with Crippen LogP contribution in [0.5, 0.6) is 0 Å². The van der Waals surface area contributed by atoms with Gasteiger partial charge in [-0.2, -0.15) is 0 Å². The molecule has 0 radical (unpaired) electrons. The summed E-state index contributed by atoms with van der Waals surface area (Å²) in [6, 6.07) is 9.61. The van der Waals surface area contributed by atoms with Gasteiger partial charge in [0.1, 0.15) is 12.2 Å². The van der Waals surface area contributed by atoms with E-state index in [1.54, 1.807) is 9.80 Å². The van der Waals surface area contributed by atoms with Crippen molar-refractivity contribution in [1.82, 2.24) is 9.80 Å². The first kappa shape index (κ1) is 17.6. The Kier molecular flexibility index (Phi) is 4.62. The van der Waals surface area contributed by atoms with Gasteiger partial charge in [-0.1, -0.05) is 30.3 Å². The van der Waals surface area contributed by atoms with E-state index in [1.165, 1.54) is 0 Å². The van der Waals surface area contributed by atoms with Gasteiger partial charge in [0.05, 0.1) is 5.54 Å². The molecule has 3 rings (SSSR count). The van der Waals surface area contributed by atoms with Crippen LogP contribution in [0.3, 0.4) is 0 Å². The van der Waals surface area contributed by atoms with Crippen molar-refractivity contribution in [2.24, 2.45) is 0 Å². The fourth-order valence-electron chi connectivity index (χ4n) is 3.39. The van der Waals surface area contributed by atoms with Gasteiger partial charge in [0.25, 0.3) is 0 Å². The Balaban J connectivity index is 1.54. The summed E-state index contributed by atoms with van der Waals surface area (Å²) in [5.74, 6) is 0. The molecule has 2 fully saturated rings. The first-order valence-electron chi connectivity index (χ1n) is 8.75. The maximum absolute atomic E-state index is 12.4. The minimum Gasteiger partial charge on any atom is -0.445 e. The molecule has 0 aliphatic carbocycles. The second-order valence-corrected chi connectivity index (χ2v) is 7.82. The van der Waals surface area contributed by atoms with Crippen LogP contribution in [0, 0.1) is 0 Å². The fourth-order valence-corrected chi connectivity index (χ4v) is 3.39. The van der Waals surface area contributed by atoms with Crippen LogP contribution in [0.25, 0.3) is 0 Å². The van der Waals surface area contributed by atoms with Gasteiger partial charge in [-0.15, -0.1) is 0 Å². The second kappa shape index (κ2) is 6.58. The van der Waals surface area contributed by atoms with E-state index in [0.717, 1.165) is 18.4 Å². The Morgan fingerprint density at radius 2 is 1.76 bits per heavy atom. The number of hydrogen-bond donors (Lipinski definition) is 0. The summed E-state index contributed by atoms with van der Waals surface area (Å²) >= 11 is 0. The fraction of sp³-hybridized carbons (Fsp3) is 0.579. The molecule has 6 nitrogen and oxygen atoms in total. The second-order valence-electron chi connectivity index (χ2n) is 7.82. The van der Waals surface area contributed by atoms with Gasteiger partial charge < -0.3 is 19.3 Å². The number of rotatable bonds is 2. The number of benzene rings is 1. The number of likely N-dealkylation sites (tertiary alicyclic amines) is 2. The predicted molar refractivity (Wildman–Crippen MR) is 93.1 cm³/mol. The summed E-state index contributed by atoms with van der Waals surface area (Å²) in [5.41, 5.74) is 0.165. The van der Waals surface area contributed by atoms with Crippen LogP contribution in [-0.4, -0.2) is 52.8 Å². The Hall–Kier alpha value is -2.24. The lowest BCUT2D eigenvalue weighted by Crippen LogP contribution is -2.64. The molecule has 2 amide bonds. The maximum atomic E-state index is 12.4. The molecule has 1 unspecified atom stereocenters. The van der Waals surface area contributed by atoms with E-state index in [4.69, 9.17) is 9.47 Å². The van der Waals surface area contributed by atoms with Crippen LogP contribution in [0.1, 0.15) is 39.2 Å². The molecule has 1 spiro atoms. The van der Waals surface area contributed by atoms with E-state index in [2.05, 4.69) is 0 Å². The van der Waals surface area contributed by atoms with Gasteiger partial charge >= 0.3 is 12.2 Å². The highest BCUT2D eigenvalue weighted by Crippen LogP contribution is 2.40. The molecule has 0 saturated carbocycles. The van der Waals surface area contributed by atoms with Crippen molar-refractivity contribution in [3.63, 3.8) is 0 Å². The summed E-state index contributed by atoms with van der Waals surface area (Å²) in [7, 11) is 0. The normalized spacial score (nSPS) is 22.7. The number of carbonyl (C=O) groups excluding carboxylic acids is 2. The third-order valence-electron chi connectivity index (χ3n) is 4.78. The lowest BCUT2D eigenvalue weighted by atomic mass is 9.84. The minimum atomic E-state index is -0.513. The largest absolute Gasteiger partial charge is 0.445 e. The predicted octanol–water partition coefficient (Wildman–Crippen LogP) is 3.41. The molecular formula is C19H26N2O4. The van der Waals surface area contributed by atoms with Crippen molar-refractivity contribution in [2.75, 3.05) is 19.6 Å². The first-order valence-corrected chi connectivity index (χ1v) is 8.75. The van der Waals surface area contributed by atoms with E-state index >= 15 is 0 Å². The zero-order valence-corrected chi connectivity index (χ0v) is 15.2. The quantitative estimate of drug-likeness (QED) is 0.823. The number of hydrogen-bond acceptors (Lipinski definition) is 4.